The molecule has 0 aliphatic heterocycles. The van der Waals surface area contributed by atoms with Crippen molar-refractivity contribution in [1.82, 2.24) is 0 Å². The molecule has 0 aromatic heterocycles. The SMILES string of the molecule is CC[C@H](C)c1ccc(NC(=O)[C@H]2C[C@H]3CC[C@H]2C3)cc1. The first-order valence-corrected chi connectivity index (χ1v) is 8.08. The predicted octanol–water partition coefficient (Wildman–Crippen LogP) is 4.57. The first-order valence-electron chi connectivity index (χ1n) is 8.08. The summed E-state index contributed by atoms with van der Waals surface area (Å²) in [5, 5.41) is 3.11. The van der Waals surface area contributed by atoms with Gasteiger partial charge < -0.3 is 5.32 Å². The number of nitrogens with one attached hydrogen (secondary N) is 1. The number of hydrogen-bond donors (Lipinski definition) is 1. The standard InChI is InChI=1S/C18H25NO/c1-3-12(2)14-6-8-16(9-7-14)19-18(20)17-11-13-4-5-15(17)10-13/h6-9,12-13,15,17H,3-5,10-11H2,1-2H3,(H,19,20)/t12-,13-,15-,17-/m0/s1. The van der Waals surface area contributed by atoms with E-state index in [9.17, 15) is 4.79 Å². The fourth-order valence-corrected chi connectivity index (χ4v) is 3.93. The first-order chi connectivity index (χ1) is 9.67. The molecule has 20 heavy (non-hydrogen) atoms. The van der Waals surface area contributed by atoms with Gasteiger partial charge in [-0.15, -0.1) is 0 Å². The Bertz CT molecular complexity index is 479. The summed E-state index contributed by atoms with van der Waals surface area (Å²) >= 11 is 0. The third kappa shape index (κ3) is 2.61. The molecule has 0 radical (unpaired) electrons. The molecular weight excluding hydrogens is 246 g/mol. The molecule has 2 bridgehead atoms. The van der Waals surface area contributed by atoms with E-state index in [1.54, 1.807) is 0 Å². The number of benzene rings is 1. The van der Waals surface area contributed by atoms with Gasteiger partial charge in [0.1, 0.15) is 0 Å². The van der Waals surface area contributed by atoms with Gasteiger partial charge in [0.2, 0.25) is 5.91 Å². The molecule has 3 rings (SSSR count). The maximum atomic E-state index is 12.4. The second kappa shape index (κ2) is 5.59. The first kappa shape index (κ1) is 13.7. The Kier molecular flexibility index (Phi) is 3.82. The zero-order valence-electron chi connectivity index (χ0n) is 12.6. The molecular formula is C18H25NO. The Morgan fingerprint density at radius 1 is 1.25 bits per heavy atom. The molecule has 2 heteroatoms. The monoisotopic (exact) mass is 271 g/mol. The summed E-state index contributed by atoms with van der Waals surface area (Å²) in [6, 6.07) is 8.38. The fraction of sp³-hybridized carbons (Fsp3) is 0.611. The molecule has 4 atom stereocenters. The Labute approximate surface area is 122 Å². The van der Waals surface area contributed by atoms with Crippen molar-refractivity contribution in [2.75, 3.05) is 5.32 Å². The van der Waals surface area contributed by atoms with Gasteiger partial charge in [-0.2, -0.15) is 0 Å². The van der Waals surface area contributed by atoms with Crippen LogP contribution in [0.2, 0.25) is 0 Å². The largest absolute Gasteiger partial charge is 0.326 e. The van der Waals surface area contributed by atoms with E-state index >= 15 is 0 Å². The van der Waals surface area contributed by atoms with E-state index < -0.39 is 0 Å². The molecule has 0 unspecified atom stereocenters. The molecule has 2 aliphatic rings. The van der Waals surface area contributed by atoms with Crippen LogP contribution >= 0.6 is 0 Å². The molecule has 1 N–H and O–H groups in total. The number of fused-ring (bicyclic) bond motifs is 2. The van der Waals surface area contributed by atoms with Crippen molar-refractivity contribution in [3.63, 3.8) is 0 Å². The van der Waals surface area contributed by atoms with Gasteiger partial charge in [0.05, 0.1) is 0 Å². The van der Waals surface area contributed by atoms with Crippen LogP contribution in [-0.2, 0) is 4.79 Å². The van der Waals surface area contributed by atoms with Crippen LogP contribution in [-0.4, -0.2) is 5.91 Å². The molecule has 1 amide bonds. The van der Waals surface area contributed by atoms with Crippen LogP contribution < -0.4 is 5.32 Å². The number of rotatable bonds is 4. The van der Waals surface area contributed by atoms with Crippen LogP contribution in [0.3, 0.4) is 0 Å². The lowest BCUT2D eigenvalue weighted by Crippen LogP contribution is -2.27. The molecule has 1 aromatic carbocycles. The molecule has 2 fully saturated rings. The number of amides is 1. The predicted molar refractivity (Wildman–Crippen MR) is 82.7 cm³/mol. The zero-order chi connectivity index (χ0) is 14.1. The van der Waals surface area contributed by atoms with E-state index in [4.69, 9.17) is 0 Å². The van der Waals surface area contributed by atoms with Crippen molar-refractivity contribution in [2.45, 2.75) is 51.9 Å². The van der Waals surface area contributed by atoms with Gasteiger partial charge >= 0.3 is 0 Å². The third-order valence-corrected chi connectivity index (χ3v) is 5.43. The highest BCUT2D eigenvalue weighted by Gasteiger charge is 2.42. The normalized spacial score (nSPS) is 29.4. The van der Waals surface area contributed by atoms with Crippen molar-refractivity contribution in [3.8, 4) is 0 Å². The summed E-state index contributed by atoms with van der Waals surface area (Å²) in [4.78, 5) is 12.4. The molecule has 0 heterocycles. The summed E-state index contributed by atoms with van der Waals surface area (Å²) < 4.78 is 0. The van der Waals surface area contributed by atoms with Gasteiger partial charge in [0, 0.05) is 11.6 Å². The van der Waals surface area contributed by atoms with Crippen LogP contribution in [0.15, 0.2) is 24.3 Å². The summed E-state index contributed by atoms with van der Waals surface area (Å²) in [5.74, 6) is 2.57. The maximum absolute atomic E-state index is 12.4. The van der Waals surface area contributed by atoms with Gasteiger partial charge in [-0.3, -0.25) is 4.79 Å². The summed E-state index contributed by atoms with van der Waals surface area (Å²) in [5.41, 5.74) is 2.30. The van der Waals surface area contributed by atoms with Gasteiger partial charge in [0.25, 0.3) is 0 Å². The summed E-state index contributed by atoms with van der Waals surface area (Å²) in [6.07, 6.45) is 6.15. The highest BCUT2D eigenvalue weighted by atomic mass is 16.1. The smallest absolute Gasteiger partial charge is 0.227 e. The molecule has 0 saturated heterocycles. The third-order valence-electron chi connectivity index (χ3n) is 5.43. The quantitative estimate of drug-likeness (QED) is 0.853. The van der Waals surface area contributed by atoms with Crippen LogP contribution in [0, 0.1) is 17.8 Å². The number of hydrogen-bond acceptors (Lipinski definition) is 1. The van der Waals surface area contributed by atoms with Crippen molar-refractivity contribution in [3.05, 3.63) is 29.8 Å². The molecule has 108 valence electrons. The van der Waals surface area contributed by atoms with E-state index in [0.29, 0.717) is 11.8 Å². The second-order valence-corrected chi connectivity index (χ2v) is 6.70. The van der Waals surface area contributed by atoms with Gasteiger partial charge in [0.15, 0.2) is 0 Å². The maximum Gasteiger partial charge on any atom is 0.227 e. The van der Waals surface area contributed by atoms with Gasteiger partial charge in [-0.1, -0.05) is 32.4 Å². The lowest BCUT2D eigenvalue weighted by Gasteiger charge is -2.21. The molecule has 0 spiro atoms. The Morgan fingerprint density at radius 2 is 2.00 bits per heavy atom. The van der Waals surface area contributed by atoms with E-state index in [1.807, 2.05) is 12.1 Å². The molecule has 1 aromatic rings. The highest BCUT2D eigenvalue weighted by molar-refractivity contribution is 5.93. The lowest BCUT2D eigenvalue weighted by molar-refractivity contribution is -0.121. The van der Waals surface area contributed by atoms with Gasteiger partial charge in [-0.25, -0.2) is 0 Å². The Hall–Kier alpha value is -1.31. The number of carbonyl (C=O) groups excluding carboxylic acids is 1. The van der Waals surface area contributed by atoms with Crippen molar-refractivity contribution >= 4 is 11.6 Å². The second-order valence-electron chi connectivity index (χ2n) is 6.70. The van der Waals surface area contributed by atoms with E-state index in [-0.39, 0.29) is 11.8 Å². The van der Waals surface area contributed by atoms with E-state index in [2.05, 4.69) is 31.3 Å². The molecule has 2 nitrogen and oxygen atoms in total. The van der Waals surface area contributed by atoms with Crippen LogP contribution in [0.4, 0.5) is 5.69 Å². The van der Waals surface area contributed by atoms with Crippen LogP contribution in [0.5, 0.6) is 0 Å². The average Bonchev–Trinajstić information content (AvgIpc) is 3.10. The molecule has 2 saturated carbocycles. The topological polar surface area (TPSA) is 29.1 Å². The fourth-order valence-electron chi connectivity index (χ4n) is 3.93. The minimum Gasteiger partial charge on any atom is -0.326 e. The van der Waals surface area contributed by atoms with Crippen LogP contribution in [0.1, 0.15) is 57.4 Å². The summed E-state index contributed by atoms with van der Waals surface area (Å²) in [7, 11) is 0. The van der Waals surface area contributed by atoms with Crippen LogP contribution in [0.25, 0.3) is 0 Å². The lowest BCUT2D eigenvalue weighted by atomic mass is 9.88. The summed E-state index contributed by atoms with van der Waals surface area (Å²) in [6.45, 7) is 4.44. The van der Waals surface area contributed by atoms with Gasteiger partial charge in [-0.05, 0) is 61.1 Å². The number of carbonyl (C=O) groups is 1. The molecule has 2 aliphatic carbocycles. The van der Waals surface area contributed by atoms with Crippen molar-refractivity contribution in [2.24, 2.45) is 17.8 Å². The minimum atomic E-state index is 0.244. The van der Waals surface area contributed by atoms with Crippen molar-refractivity contribution in [1.29, 1.82) is 0 Å². The average molecular weight is 271 g/mol. The number of anilines is 1. The van der Waals surface area contributed by atoms with E-state index in [0.717, 1.165) is 24.4 Å². The van der Waals surface area contributed by atoms with Crippen molar-refractivity contribution < 1.29 is 4.79 Å². The minimum absolute atomic E-state index is 0.244. The Balaban J connectivity index is 1.61. The Morgan fingerprint density at radius 3 is 2.55 bits per heavy atom. The highest BCUT2D eigenvalue weighted by Crippen LogP contribution is 2.48. The van der Waals surface area contributed by atoms with E-state index in [1.165, 1.54) is 24.8 Å². The zero-order valence-corrected chi connectivity index (χ0v) is 12.6.